The van der Waals surface area contributed by atoms with Crippen LogP contribution in [0.3, 0.4) is 0 Å². The minimum Gasteiger partial charge on any atom is -0.443 e. The standard InChI is InChI=1S/C21H19NO3/c1-2-8-17(14-9-4-3-5-10-14)20(23)22-19-16-12-7-6-11-15(16)13-18(19)25-21(22)24/h2-7,9-12,17-19H,1,8,13H2/t17-,18-,19+/m1/s1. The Morgan fingerprint density at radius 1 is 1.20 bits per heavy atom. The second kappa shape index (κ2) is 6.20. The summed E-state index contributed by atoms with van der Waals surface area (Å²) < 4.78 is 5.51. The van der Waals surface area contributed by atoms with Crippen LogP contribution in [0, 0.1) is 0 Å². The van der Waals surface area contributed by atoms with Gasteiger partial charge in [-0.3, -0.25) is 4.79 Å². The van der Waals surface area contributed by atoms with Crippen molar-refractivity contribution in [3.8, 4) is 0 Å². The number of imide groups is 1. The van der Waals surface area contributed by atoms with Gasteiger partial charge in [-0.1, -0.05) is 60.7 Å². The minimum atomic E-state index is -0.542. The molecule has 1 aliphatic heterocycles. The summed E-state index contributed by atoms with van der Waals surface area (Å²) in [6.45, 7) is 3.77. The molecule has 2 amide bonds. The highest BCUT2D eigenvalue weighted by molar-refractivity contribution is 5.98. The average molecular weight is 333 g/mol. The van der Waals surface area contributed by atoms with Crippen molar-refractivity contribution in [1.29, 1.82) is 0 Å². The van der Waals surface area contributed by atoms with Crippen LogP contribution in [0.25, 0.3) is 0 Å². The Bertz CT molecular complexity index is 830. The molecule has 0 saturated carbocycles. The Hall–Kier alpha value is -2.88. The molecule has 0 N–H and O–H groups in total. The molecule has 4 rings (SSSR count). The van der Waals surface area contributed by atoms with Gasteiger partial charge in [0.1, 0.15) is 12.1 Å². The van der Waals surface area contributed by atoms with Gasteiger partial charge in [-0.05, 0) is 23.1 Å². The molecule has 1 fully saturated rings. The lowest BCUT2D eigenvalue weighted by molar-refractivity contribution is -0.131. The molecule has 2 aliphatic rings. The number of ether oxygens (including phenoxy) is 1. The van der Waals surface area contributed by atoms with Gasteiger partial charge in [-0.15, -0.1) is 6.58 Å². The summed E-state index contributed by atoms with van der Waals surface area (Å²) in [4.78, 5) is 27.0. The van der Waals surface area contributed by atoms with E-state index in [4.69, 9.17) is 4.74 Å². The fourth-order valence-electron chi connectivity index (χ4n) is 3.88. The lowest BCUT2D eigenvalue weighted by Crippen LogP contribution is -2.38. The second-order valence-corrected chi connectivity index (χ2v) is 6.47. The fraction of sp³-hybridized carbons (Fsp3) is 0.238. The van der Waals surface area contributed by atoms with Gasteiger partial charge in [-0.25, -0.2) is 9.69 Å². The molecule has 0 spiro atoms. The topological polar surface area (TPSA) is 46.6 Å². The third-order valence-corrected chi connectivity index (χ3v) is 5.01. The van der Waals surface area contributed by atoms with Crippen LogP contribution in [0.4, 0.5) is 4.79 Å². The number of hydrogen-bond acceptors (Lipinski definition) is 3. The molecule has 2 aromatic rings. The molecular weight excluding hydrogens is 314 g/mol. The van der Waals surface area contributed by atoms with E-state index in [1.165, 1.54) is 4.90 Å². The summed E-state index contributed by atoms with van der Waals surface area (Å²) in [6, 6.07) is 17.1. The predicted octanol–water partition coefficient (Wildman–Crippen LogP) is 3.99. The Kier molecular flexibility index (Phi) is 3.88. The largest absolute Gasteiger partial charge is 0.443 e. The van der Waals surface area contributed by atoms with E-state index in [1.54, 1.807) is 6.08 Å². The van der Waals surface area contributed by atoms with E-state index in [-0.39, 0.29) is 18.1 Å². The average Bonchev–Trinajstić information content (AvgIpc) is 3.14. The zero-order chi connectivity index (χ0) is 17.4. The molecule has 1 saturated heterocycles. The van der Waals surface area contributed by atoms with Crippen LogP contribution in [-0.4, -0.2) is 23.0 Å². The molecule has 25 heavy (non-hydrogen) atoms. The zero-order valence-corrected chi connectivity index (χ0v) is 13.8. The monoisotopic (exact) mass is 333 g/mol. The first-order chi connectivity index (χ1) is 12.2. The second-order valence-electron chi connectivity index (χ2n) is 6.47. The van der Waals surface area contributed by atoms with E-state index in [0.29, 0.717) is 12.8 Å². The van der Waals surface area contributed by atoms with Gasteiger partial charge < -0.3 is 4.74 Å². The smallest absolute Gasteiger partial charge is 0.417 e. The highest BCUT2D eigenvalue weighted by Crippen LogP contribution is 2.44. The minimum absolute atomic E-state index is 0.222. The van der Waals surface area contributed by atoms with Gasteiger partial charge in [0.15, 0.2) is 0 Å². The van der Waals surface area contributed by atoms with E-state index in [1.807, 2.05) is 54.6 Å². The molecule has 0 unspecified atom stereocenters. The van der Waals surface area contributed by atoms with E-state index >= 15 is 0 Å². The number of fused-ring (bicyclic) bond motifs is 3. The Morgan fingerprint density at radius 2 is 1.92 bits per heavy atom. The lowest BCUT2D eigenvalue weighted by atomic mass is 9.93. The van der Waals surface area contributed by atoms with Gasteiger partial charge in [0, 0.05) is 6.42 Å². The number of allylic oxidation sites excluding steroid dienone is 1. The summed E-state index contributed by atoms with van der Waals surface area (Å²) >= 11 is 0. The first-order valence-corrected chi connectivity index (χ1v) is 8.48. The van der Waals surface area contributed by atoms with Gasteiger partial charge in [0.25, 0.3) is 0 Å². The van der Waals surface area contributed by atoms with E-state index < -0.39 is 12.0 Å². The number of carbonyl (C=O) groups excluding carboxylic acids is 2. The van der Waals surface area contributed by atoms with Crippen molar-refractivity contribution in [2.24, 2.45) is 0 Å². The molecule has 1 aliphatic carbocycles. The number of carbonyl (C=O) groups is 2. The number of amides is 2. The zero-order valence-electron chi connectivity index (χ0n) is 13.8. The van der Waals surface area contributed by atoms with E-state index in [2.05, 4.69) is 6.58 Å². The van der Waals surface area contributed by atoms with Crippen LogP contribution >= 0.6 is 0 Å². The van der Waals surface area contributed by atoms with Crippen molar-refractivity contribution in [3.63, 3.8) is 0 Å². The van der Waals surface area contributed by atoms with Crippen LogP contribution in [0.15, 0.2) is 67.3 Å². The van der Waals surface area contributed by atoms with Crippen LogP contribution in [0.2, 0.25) is 0 Å². The van der Waals surface area contributed by atoms with Crippen LogP contribution in [-0.2, 0) is 16.0 Å². The summed E-state index contributed by atoms with van der Waals surface area (Å²) in [5.74, 6) is -0.655. The van der Waals surface area contributed by atoms with Crippen LogP contribution < -0.4 is 0 Å². The molecule has 0 radical (unpaired) electrons. The number of hydrogen-bond donors (Lipinski definition) is 0. The first kappa shape index (κ1) is 15.6. The summed E-state index contributed by atoms with van der Waals surface area (Å²) in [5.41, 5.74) is 3.04. The normalized spacial score (nSPS) is 22.1. The van der Waals surface area contributed by atoms with E-state index in [9.17, 15) is 9.59 Å². The first-order valence-electron chi connectivity index (χ1n) is 8.48. The van der Waals surface area contributed by atoms with Crippen molar-refractivity contribution in [2.45, 2.75) is 30.9 Å². The fourth-order valence-corrected chi connectivity index (χ4v) is 3.88. The van der Waals surface area contributed by atoms with E-state index in [0.717, 1.165) is 16.7 Å². The maximum atomic E-state index is 13.3. The van der Waals surface area contributed by atoms with Gasteiger partial charge >= 0.3 is 6.09 Å². The Morgan fingerprint density at radius 3 is 2.68 bits per heavy atom. The molecule has 1 heterocycles. The summed E-state index contributed by atoms with van der Waals surface area (Å²) in [7, 11) is 0. The highest BCUT2D eigenvalue weighted by Gasteiger charge is 2.51. The summed E-state index contributed by atoms with van der Waals surface area (Å²) in [5, 5.41) is 0. The predicted molar refractivity (Wildman–Crippen MR) is 94.0 cm³/mol. The van der Waals surface area contributed by atoms with Crippen molar-refractivity contribution in [3.05, 3.63) is 83.9 Å². The Balaban J connectivity index is 1.71. The van der Waals surface area contributed by atoms with Crippen molar-refractivity contribution in [2.75, 3.05) is 0 Å². The SMILES string of the molecule is C=CC[C@@H](C(=O)N1C(=O)O[C@@H]2Cc3ccccc3[C@@H]21)c1ccccc1. The van der Waals surface area contributed by atoms with Gasteiger partial charge in [0.05, 0.1) is 5.92 Å². The molecule has 0 bridgehead atoms. The van der Waals surface area contributed by atoms with Crippen LogP contribution in [0.1, 0.15) is 35.1 Å². The lowest BCUT2D eigenvalue weighted by Gasteiger charge is -2.24. The molecule has 126 valence electrons. The van der Waals surface area contributed by atoms with Crippen molar-refractivity contribution < 1.29 is 14.3 Å². The third kappa shape index (κ3) is 2.54. The molecule has 0 aromatic heterocycles. The maximum absolute atomic E-state index is 13.3. The highest BCUT2D eigenvalue weighted by atomic mass is 16.6. The number of rotatable bonds is 4. The Labute approximate surface area is 146 Å². The van der Waals surface area contributed by atoms with Gasteiger partial charge in [-0.2, -0.15) is 0 Å². The van der Waals surface area contributed by atoms with Crippen molar-refractivity contribution in [1.82, 2.24) is 4.90 Å². The van der Waals surface area contributed by atoms with Crippen LogP contribution in [0.5, 0.6) is 0 Å². The number of benzene rings is 2. The molecule has 4 heteroatoms. The third-order valence-electron chi connectivity index (χ3n) is 5.01. The maximum Gasteiger partial charge on any atom is 0.417 e. The van der Waals surface area contributed by atoms with Gasteiger partial charge in [0.2, 0.25) is 5.91 Å². The molecule has 2 aromatic carbocycles. The molecule has 3 atom stereocenters. The quantitative estimate of drug-likeness (QED) is 0.795. The molecule has 4 nitrogen and oxygen atoms in total. The van der Waals surface area contributed by atoms with Crippen molar-refractivity contribution >= 4 is 12.0 Å². The summed E-state index contributed by atoms with van der Waals surface area (Å²) in [6.07, 6.45) is 2.03. The number of nitrogens with zero attached hydrogens (tertiary/aromatic N) is 1. The molecular formula is C21H19NO3.